The minimum absolute atomic E-state index is 0.311. The van der Waals surface area contributed by atoms with E-state index < -0.39 is 0 Å². The second-order valence-corrected chi connectivity index (χ2v) is 5.42. The van der Waals surface area contributed by atoms with Crippen LogP contribution in [0.3, 0.4) is 0 Å². The van der Waals surface area contributed by atoms with Gasteiger partial charge in [-0.15, -0.1) is 0 Å². The van der Waals surface area contributed by atoms with Crippen LogP contribution in [0.15, 0.2) is 4.99 Å². The monoisotopic (exact) mass is 251 g/mol. The van der Waals surface area contributed by atoms with E-state index in [9.17, 15) is 4.79 Å². The molecule has 0 saturated carbocycles. The minimum atomic E-state index is 0.311. The fourth-order valence-corrected chi connectivity index (χ4v) is 3.18. The summed E-state index contributed by atoms with van der Waals surface area (Å²) < 4.78 is 0. The summed E-state index contributed by atoms with van der Waals surface area (Å²) in [6.07, 6.45) is 6.26. The topological polar surface area (TPSA) is 35.9 Å². The van der Waals surface area contributed by atoms with Gasteiger partial charge >= 0.3 is 0 Å². The van der Waals surface area contributed by atoms with Crippen LogP contribution in [0.25, 0.3) is 0 Å². The molecule has 0 bridgehead atoms. The van der Waals surface area contributed by atoms with Crippen LogP contribution >= 0.6 is 0 Å². The lowest BCUT2D eigenvalue weighted by molar-refractivity contribution is -0.132. The van der Waals surface area contributed by atoms with E-state index in [-0.39, 0.29) is 0 Å². The molecule has 1 atom stereocenters. The molecule has 18 heavy (non-hydrogen) atoms. The van der Waals surface area contributed by atoms with Crippen molar-refractivity contribution < 1.29 is 4.79 Å². The van der Waals surface area contributed by atoms with Crippen LogP contribution in [0.4, 0.5) is 0 Å². The average Bonchev–Trinajstić information content (AvgIpc) is 2.87. The lowest BCUT2D eigenvalue weighted by Gasteiger charge is -2.36. The second-order valence-electron chi connectivity index (χ2n) is 5.42. The molecule has 0 aromatic heterocycles. The highest BCUT2D eigenvalue weighted by Gasteiger charge is 2.30. The molecule has 2 fully saturated rings. The molecule has 2 heterocycles. The molecule has 1 amide bonds. The molecule has 2 aliphatic rings. The van der Waals surface area contributed by atoms with Crippen LogP contribution in [0.5, 0.6) is 0 Å². The molecule has 0 aromatic carbocycles. The van der Waals surface area contributed by atoms with Crippen molar-refractivity contribution in [3.8, 4) is 0 Å². The largest absolute Gasteiger partial charge is 0.343 e. The molecule has 2 rings (SSSR count). The maximum Gasteiger partial charge on any atom is 0.222 e. The summed E-state index contributed by atoms with van der Waals surface area (Å²) in [6.45, 7) is 6.19. The van der Waals surface area contributed by atoms with E-state index in [1.165, 1.54) is 13.0 Å². The Kier molecular flexibility index (Phi) is 4.75. The number of hydrogen-bond acceptors (Lipinski definition) is 3. The zero-order valence-corrected chi connectivity index (χ0v) is 11.6. The molecule has 0 radical (unpaired) electrons. The van der Waals surface area contributed by atoms with Crippen molar-refractivity contribution in [3.05, 3.63) is 0 Å². The average molecular weight is 251 g/mol. The summed E-state index contributed by atoms with van der Waals surface area (Å²) in [5.74, 6) is 0.955. The summed E-state index contributed by atoms with van der Waals surface area (Å²) in [5.41, 5.74) is 0. The van der Waals surface area contributed by atoms with E-state index in [0.29, 0.717) is 24.3 Å². The van der Waals surface area contributed by atoms with Crippen molar-refractivity contribution in [2.24, 2.45) is 10.9 Å². The van der Waals surface area contributed by atoms with Crippen molar-refractivity contribution in [2.75, 3.05) is 33.2 Å². The van der Waals surface area contributed by atoms with Gasteiger partial charge in [0, 0.05) is 51.3 Å². The predicted molar refractivity (Wildman–Crippen MR) is 74.0 cm³/mol. The third-order valence-corrected chi connectivity index (χ3v) is 4.25. The van der Waals surface area contributed by atoms with Gasteiger partial charge in [0.05, 0.1) is 0 Å². The molecule has 1 unspecified atom stereocenters. The van der Waals surface area contributed by atoms with Crippen LogP contribution in [0.1, 0.15) is 32.6 Å². The molecule has 4 heteroatoms. The number of likely N-dealkylation sites (tertiary alicyclic amines) is 2. The number of amides is 1. The normalized spacial score (nSPS) is 27.2. The maximum atomic E-state index is 11.6. The van der Waals surface area contributed by atoms with Gasteiger partial charge in [-0.05, 0) is 25.8 Å². The van der Waals surface area contributed by atoms with Crippen molar-refractivity contribution in [1.29, 1.82) is 0 Å². The van der Waals surface area contributed by atoms with Crippen LogP contribution in [0, 0.1) is 5.92 Å². The van der Waals surface area contributed by atoms with E-state index in [1.54, 1.807) is 0 Å². The Balaban J connectivity index is 1.78. The number of rotatable bonds is 3. The molecule has 4 nitrogen and oxygen atoms in total. The highest BCUT2D eigenvalue weighted by molar-refractivity contribution is 5.75. The Bertz CT molecular complexity index is 308. The van der Waals surface area contributed by atoms with Gasteiger partial charge in [-0.1, -0.05) is 6.92 Å². The number of aliphatic imine (C=N–C) groups is 1. The second kappa shape index (κ2) is 6.32. The highest BCUT2D eigenvalue weighted by atomic mass is 16.2. The first-order chi connectivity index (χ1) is 8.74. The Labute approximate surface area is 110 Å². The lowest BCUT2D eigenvalue weighted by Crippen LogP contribution is -2.46. The number of nitrogens with zero attached hydrogens (tertiary/aromatic N) is 3. The zero-order chi connectivity index (χ0) is 13.0. The Morgan fingerprint density at radius 3 is 2.61 bits per heavy atom. The number of piperidine rings is 1. The van der Waals surface area contributed by atoms with Crippen LogP contribution in [-0.4, -0.2) is 61.2 Å². The fourth-order valence-electron chi connectivity index (χ4n) is 3.18. The SMILES string of the molecule is CCC(=O)N1CCC(N2CCC(C=NC)C2)CC1. The highest BCUT2D eigenvalue weighted by Crippen LogP contribution is 2.23. The van der Waals surface area contributed by atoms with Crippen molar-refractivity contribution >= 4 is 12.1 Å². The molecule has 2 aliphatic heterocycles. The van der Waals surface area contributed by atoms with Gasteiger partial charge in [-0.3, -0.25) is 9.69 Å². The van der Waals surface area contributed by atoms with E-state index >= 15 is 0 Å². The van der Waals surface area contributed by atoms with Crippen molar-refractivity contribution in [3.63, 3.8) is 0 Å². The van der Waals surface area contributed by atoms with Gasteiger partial charge in [-0.25, -0.2) is 0 Å². The number of carbonyl (C=O) groups excluding carboxylic acids is 1. The van der Waals surface area contributed by atoms with Gasteiger partial charge in [0.15, 0.2) is 0 Å². The van der Waals surface area contributed by atoms with E-state index in [4.69, 9.17) is 0 Å². The van der Waals surface area contributed by atoms with Gasteiger partial charge in [-0.2, -0.15) is 0 Å². The van der Waals surface area contributed by atoms with Gasteiger partial charge in [0.1, 0.15) is 0 Å². The molecule has 0 aliphatic carbocycles. The zero-order valence-electron chi connectivity index (χ0n) is 11.6. The van der Waals surface area contributed by atoms with Gasteiger partial charge < -0.3 is 9.89 Å². The molecule has 102 valence electrons. The van der Waals surface area contributed by atoms with E-state index in [2.05, 4.69) is 16.1 Å². The molecule has 0 N–H and O–H groups in total. The summed E-state index contributed by atoms with van der Waals surface area (Å²) in [7, 11) is 1.86. The Hall–Kier alpha value is -0.900. The third-order valence-electron chi connectivity index (χ3n) is 4.25. The van der Waals surface area contributed by atoms with Crippen LogP contribution in [-0.2, 0) is 4.79 Å². The minimum Gasteiger partial charge on any atom is -0.343 e. The predicted octanol–water partition coefficient (Wildman–Crippen LogP) is 1.41. The van der Waals surface area contributed by atoms with E-state index in [0.717, 1.165) is 32.5 Å². The first kappa shape index (κ1) is 13.5. The van der Waals surface area contributed by atoms with Crippen molar-refractivity contribution in [2.45, 2.75) is 38.6 Å². The van der Waals surface area contributed by atoms with Crippen LogP contribution < -0.4 is 0 Å². The number of hydrogen-bond donors (Lipinski definition) is 0. The van der Waals surface area contributed by atoms with Crippen molar-refractivity contribution in [1.82, 2.24) is 9.80 Å². The number of carbonyl (C=O) groups is 1. The van der Waals surface area contributed by atoms with E-state index in [1.807, 2.05) is 18.9 Å². The van der Waals surface area contributed by atoms with Crippen LogP contribution in [0.2, 0.25) is 0 Å². The molecule has 2 saturated heterocycles. The standard InChI is InChI=1S/C14H25N3O/c1-3-14(18)16-8-5-13(6-9-16)17-7-4-12(11-17)10-15-2/h10,12-13H,3-9,11H2,1-2H3. The van der Waals surface area contributed by atoms with Gasteiger partial charge in [0.2, 0.25) is 5.91 Å². The fraction of sp³-hybridized carbons (Fsp3) is 0.857. The Morgan fingerprint density at radius 1 is 1.28 bits per heavy atom. The third kappa shape index (κ3) is 3.10. The summed E-state index contributed by atoms with van der Waals surface area (Å²) in [5, 5.41) is 0. The van der Waals surface area contributed by atoms with Gasteiger partial charge in [0.25, 0.3) is 0 Å². The lowest BCUT2D eigenvalue weighted by atomic mass is 10.0. The summed E-state index contributed by atoms with van der Waals surface area (Å²) >= 11 is 0. The summed E-state index contributed by atoms with van der Waals surface area (Å²) in [6, 6.07) is 0.682. The quantitative estimate of drug-likeness (QED) is 0.711. The molecular formula is C14H25N3O. The molecule has 0 aromatic rings. The summed E-state index contributed by atoms with van der Waals surface area (Å²) in [4.78, 5) is 20.4. The smallest absolute Gasteiger partial charge is 0.222 e. The maximum absolute atomic E-state index is 11.6. The first-order valence-corrected chi connectivity index (χ1v) is 7.18. The molecular weight excluding hydrogens is 226 g/mol. The Morgan fingerprint density at radius 2 is 2.00 bits per heavy atom. The first-order valence-electron chi connectivity index (χ1n) is 7.18. The molecule has 0 spiro atoms.